The number of amides is 1. The fraction of sp³-hybridized carbons (Fsp3) is 0.393. The van der Waals surface area contributed by atoms with Crippen molar-refractivity contribution in [2.75, 3.05) is 18.4 Å². The van der Waals surface area contributed by atoms with Crippen LogP contribution in [0.4, 0.5) is 10.5 Å². The smallest absolute Gasteiger partial charge is 0.410 e. The molecule has 0 aliphatic carbocycles. The maximum Gasteiger partial charge on any atom is 0.410 e. The molecule has 1 aromatic heterocycles. The Bertz CT molecular complexity index is 1150. The number of ether oxygens (including phenoxy) is 2. The van der Waals surface area contributed by atoms with Crippen LogP contribution >= 0.6 is 0 Å². The lowest BCUT2D eigenvalue weighted by molar-refractivity contribution is -0.157. The summed E-state index contributed by atoms with van der Waals surface area (Å²) in [7, 11) is 0. The fourth-order valence-electron chi connectivity index (χ4n) is 4.35. The van der Waals surface area contributed by atoms with Gasteiger partial charge in [0.05, 0.1) is 11.2 Å². The van der Waals surface area contributed by atoms with E-state index in [0.717, 1.165) is 22.2 Å². The van der Waals surface area contributed by atoms with E-state index in [0.29, 0.717) is 25.9 Å². The zero-order chi connectivity index (χ0) is 24.8. The quantitative estimate of drug-likeness (QED) is 0.481. The lowest BCUT2D eigenvalue weighted by Crippen LogP contribution is -2.47. The van der Waals surface area contributed by atoms with Crippen molar-refractivity contribution in [3.8, 4) is 0 Å². The third kappa shape index (κ3) is 6.50. The first kappa shape index (κ1) is 24.5. The molecular weight excluding hydrogens is 442 g/mol. The lowest BCUT2D eigenvalue weighted by atomic mass is 9.89. The maximum absolute atomic E-state index is 13.3. The van der Waals surface area contributed by atoms with E-state index in [-0.39, 0.29) is 24.6 Å². The van der Waals surface area contributed by atoms with Crippen molar-refractivity contribution in [3.63, 3.8) is 0 Å². The molecule has 7 nitrogen and oxygen atoms in total. The summed E-state index contributed by atoms with van der Waals surface area (Å²) in [6.45, 7) is 6.89. The second kappa shape index (κ2) is 10.8. The number of esters is 1. The number of para-hydroxylation sites is 1. The number of likely N-dealkylation sites (tertiary alicyclic amines) is 1. The van der Waals surface area contributed by atoms with Crippen LogP contribution < -0.4 is 5.32 Å². The minimum Gasteiger partial charge on any atom is -0.458 e. The van der Waals surface area contributed by atoms with Crippen LogP contribution in [0.15, 0.2) is 66.9 Å². The number of nitrogens with one attached hydrogen (secondary N) is 1. The Morgan fingerprint density at radius 3 is 2.46 bits per heavy atom. The minimum atomic E-state index is -0.601. The van der Waals surface area contributed by atoms with Crippen molar-refractivity contribution < 1.29 is 19.1 Å². The third-order valence-corrected chi connectivity index (χ3v) is 6.08. The topological polar surface area (TPSA) is 80.8 Å². The molecule has 1 aliphatic rings. The highest BCUT2D eigenvalue weighted by Gasteiger charge is 2.36. The van der Waals surface area contributed by atoms with E-state index in [9.17, 15) is 9.59 Å². The number of aromatic nitrogens is 1. The van der Waals surface area contributed by atoms with Crippen molar-refractivity contribution in [2.45, 2.75) is 51.9 Å². The van der Waals surface area contributed by atoms with Crippen LogP contribution in [0, 0.1) is 5.92 Å². The number of carbonyl (C=O) groups excluding carboxylic acids is 2. The van der Waals surface area contributed by atoms with Gasteiger partial charge in [0.15, 0.2) is 0 Å². The summed E-state index contributed by atoms with van der Waals surface area (Å²) in [5.41, 5.74) is 1.96. The molecule has 1 N–H and O–H groups in total. The monoisotopic (exact) mass is 475 g/mol. The molecule has 1 fully saturated rings. The van der Waals surface area contributed by atoms with Gasteiger partial charge < -0.3 is 19.7 Å². The zero-order valence-electron chi connectivity index (χ0n) is 20.6. The van der Waals surface area contributed by atoms with Gasteiger partial charge in [-0.15, -0.1) is 0 Å². The molecule has 35 heavy (non-hydrogen) atoms. The summed E-state index contributed by atoms with van der Waals surface area (Å²) >= 11 is 0. The Hall–Kier alpha value is -3.61. The van der Waals surface area contributed by atoms with Crippen LogP contribution in [0.25, 0.3) is 10.9 Å². The fourth-order valence-corrected chi connectivity index (χ4v) is 4.35. The number of piperidine rings is 1. The molecular formula is C28H33N3O4. The van der Waals surface area contributed by atoms with Crippen LogP contribution in [0.5, 0.6) is 0 Å². The van der Waals surface area contributed by atoms with Gasteiger partial charge in [-0.1, -0.05) is 48.5 Å². The Kier molecular flexibility index (Phi) is 7.54. The van der Waals surface area contributed by atoms with Crippen molar-refractivity contribution >= 4 is 28.7 Å². The molecule has 1 amide bonds. The molecule has 1 aliphatic heterocycles. The van der Waals surface area contributed by atoms with Crippen LogP contribution in [0.3, 0.4) is 0 Å². The highest BCUT2D eigenvalue weighted by Crippen LogP contribution is 2.29. The minimum absolute atomic E-state index is 0.00184. The first-order valence-corrected chi connectivity index (χ1v) is 12.1. The van der Waals surface area contributed by atoms with Gasteiger partial charge in [-0.3, -0.25) is 4.98 Å². The van der Waals surface area contributed by atoms with Gasteiger partial charge in [-0.25, -0.2) is 9.59 Å². The number of fused-ring (bicyclic) bond motifs is 1. The number of anilines is 1. The van der Waals surface area contributed by atoms with E-state index in [1.165, 1.54) is 0 Å². The second-order valence-corrected chi connectivity index (χ2v) is 9.90. The molecule has 2 aromatic carbocycles. The van der Waals surface area contributed by atoms with Crippen molar-refractivity contribution in [2.24, 2.45) is 5.92 Å². The number of nitrogens with zero attached hydrogens (tertiary/aromatic N) is 2. The van der Waals surface area contributed by atoms with Gasteiger partial charge in [-0.05, 0) is 57.2 Å². The van der Waals surface area contributed by atoms with E-state index in [1.807, 2.05) is 81.4 Å². The van der Waals surface area contributed by atoms with Crippen molar-refractivity contribution in [1.82, 2.24) is 9.88 Å². The average Bonchev–Trinajstić information content (AvgIpc) is 2.85. The molecule has 2 heterocycles. The number of pyridine rings is 1. The third-order valence-electron chi connectivity index (χ3n) is 6.08. The van der Waals surface area contributed by atoms with Gasteiger partial charge >= 0.3 is 12.1 Å². The predicted molar refractivity (Wildman–Crippen MR) is 136 cm³/mol. The number of carbonyl (C=O) groups is 2. The molecule has 0 unspecified atom stereocenters. The Morgan fingerprint density at radius 1 is 1.03 bits per heavy atom. The summed E-state index contributed by atoms with van der Waals surface area (Å²) in [6, 6.07) is 18.8. The van der Waals surface area contributed by atoms with Crippen LogP contribution in [-0.4, -0.2) is 46.7 Å². The van der Waals surface area contributed by atoms with E-state index in [2.05, 4.69) is 10.3 Å². The van der Waals surface area contributed by atoms with Gasteiger partial charge in [0, 0.05) is 24.7 Å². The normalized spacial score (nSPS) is 15.5. The molecule has 0 radical (unpaired) electrons. The molecule has 1 saturated heterocycles. The molecule has 184 valence electrons. The molecule has 3 aromatic rings. The summed E-state index contributed by atoms with van der Waals surface area (Å²) in [5, 5.41) is 4.43. The Morgan fingerprint density at radius 2 is 1.74 bits per heavy atom. The van der Waals surface area contributed by atoms with Gasteiger partial charge in [0.1, 0.15) is 18.2 Å². The van der Waals surface area contributed by atoms with Gasteiger partial charge in [0.25, 0.3) is 0 Å². The number of rotatable bonds is 6. The zero-order valence-corrected chi connectivity index (χ0v) is 20.6. The van der Waals surface area contributed by atoms with E-state index in [1.54, 1.807) is 11.1 Å². The lowest BCUT2D eigenvalue weighted by Gasteiger charge is -2.36. The largest absolute Gasteiger partial charge is 0.458 e. The Balaban J connectivity index is 1.44. The van der Waals surface area contributed by atoms with E-state index in [4.69, 9.17) is 9.47 Å². The molecule has 0 spiro atoms. The predicted octanol–water partition coefficient (Wildman–Crippen LogP) is 5.41. The van der Waals surface area contributed by atoms with Crippen LogP contribution in [0.2, 0.25) is 0 Å². The SMILES string of the molecule is CC(C)(C)OC(=O)[C@H](Nc1cccc2cccnc12)C1CCN(C(=O)OCc2ccccc2)CC1. The van der Waals surface area contributed by atoms with Crippen LogP contribution in [-0.2, 0) is 20.9 Å². The maximum atomic E-state index is 13.3. The summed E-state index contributed by atoms with van der Waals surface area (Å²) < 4.78 is 11.3. The first-order chi connectivity index (χ1) is 16.8. The first-order valence-electron chi connectivity index (χ1n) is 12.1. The van der Waals surface area contributed by atoms with Crippen molar-refractivity contribution in [1.29, 1.82) is 0 Å². The van der Waals surface area contributed by atoms with Gasteiger partial charge in [0.2, 0.25) is 0 Å². The summed E-state index contributed by atoms with van der Waals surface area (Å²) in [5.74, 6) is -0.294. The molecule has 0 saturated carbocycles. The van der Waals surface area contributed by atoms with E-state index < -0.39 is 11.6 Å². The molecule has 4 rings (SSSR count). The summed E-state index contributed by atoms with van der Waals surface area (Å²) in [6.07, 6.45) is 2.74. The number of hydrogen-bond acceptors (Lipinski definition) is 6. The standard InChI is InChI=1S/C28H33N3O4/c1-28(2,3)35-26(32)25(30-23-13-7-11-21-12-8-16-29-24(21)23)22-14-17-31(18-15-22)27(33)34-19-20-9-5-4-6-10-20/h4-13,16,22,25,30H,14-15,17-19H2,1-3H3/t25-/m1/s1. The molecule has 7 heteroatoms. The van der Waals surface area contributed by atoms with Crippen molar-refractivity contribution in [3.05, 3.63) is 72.4 Å². The highest BCUT2D eigenvalue weighted by molar-refractivity contribution is 5.92. The Labute approximate surface area is 206 Å². The molecule has 0 bridgehead atoms. The van der Waals surface area contributed by atoms with Gasteiger partial charge in [-0.2, -0.15) is 0 Å². The average molecular weight is 476 g/mol. The van der Waals surface area contributed by atoms with Crippen LogP contribution in [0.1, 0.15) is 39.2 Å². The van der Waals surface area contributed by atoms with E-state index >= 15 is 0 Å². The summed E-state index contributed by atoms with van der Waals surface area (Å²) in [4.78, 5) is 32.1. The second-order valence-electron chi connectivity index (χ2n) is 9.90. The number of hydrogen-bond donors (Lipinski definition) is 1. The number of benzene rings is 2. The molecule has 1 atom stereocenters. The highest BCUT2D eigenvalue weighted by atomic mass is 16.6.